The largest absolute Gasteiger partial charge is 0.348 e. The Bertz CT molecular complexity index is 958. The van der Waals surface area contributed by atoms with Gasteiger partial charge in [-0.3, -0.25) is 9.59 Å². The third kappa shape index (κ3) is 5.09. The third-order valence-corrected chi connectivity index (χ3v) is 4.42. The molecule has 0 aliphatic carbocycles. The van der Waals surface area contributed by atoms with Crippen LogP contribution in [0.15, 0.2) is 72.8 Å². The van der Waals surface area contributed by atoms with Crippen LogP contribution in [0.3, 0.4) is 0 Å². The molecule has 0 bridgehead atoms. The molecule has 3 aromatic rings. The van der Waals surface area contributed by atoms with E-state index in [0.29, 0.717) is 28.4 Å². The van der Waals surface area contributed by atoms with Crippen LogP contribution >= 0.6 is 23.2 Å². The predicted molar refractivity (Wildman–Crippen MR) is 108 cm³/mol. The minimum absolute atomic E-state index is 0.183. The minimum Gasteiger partial charge on any atom is -0.348 e. The second-order valence-corrected chi connectivity index (χ2v) is 6.67. The third-order valence-electron chi connectivity index (χ3n) is 3.88. The molecule has 0 saturated heterocycles. The molecule has 27 heavy (non-hydrogen) atoms. The van der Waals surface area contributed by atoms with E-state index in [1.807, 2.05) is 30.3 Å². The summed E-state index contributed by atoms with van der Waals surface area (Å²) in [4.78, 5) is 24.5. The molecule has 0 radical (unpaired) electrons. The number of hydrogen-bond donors (Lipinski definition) is 2. The highest BCUT2D eigenvalue weighted by Gasteiger charge is 2.12. The quantitative estimate of drug-likeness (QED) is 0.622. The molecule has 0 aromatic heterocycles. The van der Waals surface area contributed by atoms with Crippen LogP contribution in [0.2, 0.25) is 10.0 Å². The van der Waals surface area contributed by atoms with Crippen molar-refractivity contribution in [2.75, 3.05) is 5.32 Å². The Kier molecular flexibility index (Phi) is 6.12. The van der Waals surface area contributed by atoms with Crippen molar-refractivity contribution in [1.29, 1.82) is 0 Å². The molecule has 0 heterocycles. The zero-order chi connectivity index (χ0) is 19.2. The van der Waals surface area contributed by atoms with Crippen LogP contribution in [0.25, 0.3) is 0 Å². The maximum Gasteiger partial charge on any atom is 0.257 e. The van der Waals surface area contributed by atoms with Crippen molar-refractivity contribution in [2.24, 2.45) is 0 Å². The van der Waals surface area contributed by atoms with Crippen molar-refractivity contribution in [3.05, 3.63) is 99.5 Å². The molecule has 2 N–H and O–H groups in total. The summed E-state index contributed by atoms with van der Waals surface area (Å²) in [7, 11) is 0. The van der Waals surface area contributed by atoms with Gasteiger partial charge in [0.25, 0.3) is 11.8 Å². The monoisotopic (exact) mass is 398 g/mol. The van der Waals surface area contributed by atoms with Crippen molar-refractivity contribution in [3.8, 4) is 0 Å². The average Bonchev–Trinajstić information content (AvgIpc) is 2.67. The van der Waals surface area contributed by atoms with Gasteiger partial charge in [0, 0.05) is 22.8 Å². The highest BCUT2D eigenvalue weighted by atomic mass is 35.5. The van der Waals surface area contributed by atoms with E-state index in [1.54, 1.807) is 36.4 Å². The van der Waals surface area contributed by atoms with E-state index in [-0.39, 0.29) is 16.8 Å². The van der Waals surface area contributed by atoms with E-state index in [4.69, 9.17) is 23.2 Å². The second-order valence-electron chi connectivity index (χ2n) is 5.82. The molecule has 0 saturated carbocycles. The van der Waals surface area contributed by atoms with Crippen molar-refractivity contribution in [3.63, 3.8) is 0 Å². The van der Waals surface area contributed by atoms with Crippen molar-refractivity contribution >= 4 is 40.7 Å². The number of nitrogens with one attached hydrogen (secondary N) is 2. The van der Waals surface area contributed by atoms with Crippen LogP contribution in [0, 0.1) is 0 Å². The van der Waals surface area contributed by atoms with Gasteiger partial charge in [0.05, 0.1) is 10.6 Å². The van der Waals surface area contributed by atoms with Gasteiger partial charge in [0.15, 0.2) is 0 Å². The van der Waals surface area contributed by atoms with Crippen LogP contribution in [0.1, 0.15) is 26.3 Å². The summed E-state index contributed by atoms with van der Waals surface area (Å²) >= 11 is 11.9. The molecule has 0 unspecified atom stereocenters. The van der Waals surface area contributed by atoms with E-state index in [9.17, 15) is 9.59 Å². The molecule has 0 aliphatic rings. The Morgan fingerprint density at radius 2 is 1.52 bits per heavy atom. The van der Waals surface area contributed by atoms with Gasteiger partial charge in [-0.25, -0.2) is 0 Å². The molecular formula is C21H16Cl2N2O2. The molecule has 3 aromatic carbocycles. The van der Waals surface area contributed by atoms with Crippen LogP contribution in [-0.2, 0) is 6.54 Å². The lowest BCUT2D eigenvalue weighted by molar-refractivity contribution is 0.0950. The number of halogens is 2. The fourth-order valence-corrected chi connectivity index (χ4v) is 2.95. The lowest BCUT2D eigenvalue weighted by Crippen LogP contribution is -2.22. The topological polar surface area (TPSA) is 58.2 Å². The van der Waals surface area contributed by atoms with Gasteiger partial charge in [-0.15, -0.1) is 0 Å². The van der Waals surface area contributed by atoms with E-state index < -0.39 is 0 Å². The van der Waals surface area contributed by atoms with E-state index >= 15 is 0 Å². The number of carbonyl (C=O) groups is 2. The molecule has 0 atom stereocenters. The normalized spacial score (nSPS) is 10.3. The molecule has 2 amide bonds. The zero-order valence-electron chi connectivity index (χ0n) is 14.2. The highest BCUT2D eigenvalue weighted by Crippen LogP contribution is 2.22. The highest BCUT2D eigenvalue weighted by molar-refractivity contribution is 6.37. The van der Waals surface area contributed by atoms with Gasteiger partial charge < -0.3 is 10.6 Å². The second kappa shape index (κ2) is 8.71. The summed E-state index contributed by atoms with van der Waals surface area (Å²) < 4.78 is 0. The van der Waals surface area contributed by atoms with Crippen LogP contribution in [-0.4, -0.2) is 11.8 Å². The lowest BCUT2D eigenvalue weighted by atomic mass is 10.1. The number of hydrogen-bond acceptors (Lipinski definition) is 2. The fraction of sp³-hybridized carbons (Fsp3) is 0.0476. The Morgan fingerprint density at radius 3 is 2.19 bits per heavy atom. The van der Waals surface area contributed by atoms with E-state index in [1.165, 1.54) is 6.07 Å². The summed E-state index contributed by atoms with van der Waals surface area (Å²) in [5, 5.41) is 6.34. The average molecular weight is 399 g/mol. The van der Waals surface area contributed by atoms with Gasteiger partial charge in [0.1, 0.15) is 0 Å². The van der Waals surface area contributed by atoms with Gasteiger partial charge in [-0.2, -0.15) is 0 Å². The van der Waals surface area contributed by atoms with Crippen molar-refractivity contribution in [1.82, 2.24) is 5.32 Å². The Hall–Kier alpha value is -2.82. The van der Waals surface area contributed by atoms with Gasteiger partial charge >= 0.3 is 0 Å². The summed E-state index contributed by atoms with van der Waals surface area (Å²) in [5.74, 6) is -0.532. The number of amides is 2. The zero-order valence-corrected chi connectivity index (χ0v) is 15.7. The summed E-state index contributed by atoms with van der Waals surface area (Å²) in [6, 6.07) is 21.0. The molecule has 4 nitrogen and oxygen atoms in total. The van der Waals surface area contributed by atoms with Gasteiger partial charge in [0.2, 0.25) is 0 Å². The van der Waals surface area contributed by atoms with Gasteiger partial charge in [-0.05, 0) is 48.0 Å². The first-order chi connectivity index (χ1) is 13.0. The van der Waals surface area contributed by atoms with Gasteiger partial charge in [-0.1, -0.05) is 53.5 Å². The summed E-state index contributed by atoms with van der Waals surface area (Å²) in [6.45, 7) is 0.452. The number of rotatable bonds is 5. The number of carbonyl (C=O) groups excluding carboxylic acids is 2. The number of benzene rings is 3. The maximum absolute atomic E-state index is 12.3. The first kappa shape index (κ1) is 19.0. The lowest BCUT2D eigenvalue weighted by Gasteiger charge is -2.09. The molecule has 6 heteroatoms. The Balaban J connectivity index is 1.61. The maximum atomic E-state index is 12.3. The van der Waals surface area contributed by atoms with Crippen molar-refractivity contribution in [2.45, 2.75) is 6.54 Å². The first-order valence-electron chi connectivity index (χ1n) is 8.21. The standard InChI is InChI=1S/C21H16Cl2N2O2/c22-16-8-11-18(19(23)12-16)21(27)25-17-9-6-15(7-10-17)20(26)24-13-14-4-2-1-3-5-14/h1-12H,13H2,(H,24,26)(H,25,27). The Morgan fingerprint density at radius 1 is 0.815 bits per heavy atom. The smallest absolute Gasteiger partial charge is 0.257 e. The molecule has 0 aliphatic heterocycles. The number of anilines is 1. The van der Waals surface area contributed by atoms with E-state index in [0.717, 1.165) is 5.56 Å². The van der Waals surface area contributed by atoms with Crippen LogP contribution in [0.4, 0.5) is 5.69 Å². The minimum atomic E-state index is -0.349. The summed E-state index contributed by atoms with van der Waals surface area (Å²) in [5.41, 5.74) is 2.42. The summed E-state index contributed by atoms with van der Waals surface area (Å²) in [6.07, 6.45) is 0. The SMILES string of the molecule is O=C(NCc1ccccc1)c1ccc(NC(=O)c2ccc(Cl)cc2Cl)cc1. The fourth-order valence-electron chi connectivity index (χ4n) is 2.46. The van der Waals surface area contributed by atoms with E-state index in [2.05, 4.69) is 10.6 Å². The Labute approximate surface area is 167 Å². The molecule has 3 rings (SSSR count). The van der Waals surface area contributed by atoms with Crippen molar-refractivity contribution < 1.29 is 9.59 Å². The molecular weight excluding hydrogens is 383 g/mol. The predicted octanol–water partition coefficient (Wildman–Crippen LogP) is 5.18. The molecule has 136 valence electrons. The van der Waals surface area contributed by atoms with Crippen LogP contribution in [0.5, 0.6) is 0 Å². The molecule has 0 fully saturated rings. The molecule has 0 spiro atoms. The first-order valence-corrected chi connectivity index (χ1v) is 8.97. The van der Waals surface area contributed by atoms with Crippen LogP contribution < -0.4 is 10.6 Å².